The fraction of sp³-hybridized carbons (Fsp3) is 0.333. The number of Topliss-reactive ketones (excluding diaryl/α,β-unsaturated/α-hetero) is 1. The van der Waals surface area contributed by atoms with Gasteiger partial charge in [-0.1, -0.05) is 23.4 Å². The zero-order chi connectivity index (χ0) is 14.9. The van der Waals surface area contributed by atoms with Crippen LogP contribution in [0.3, 0.4) is 0 Å². The van der Waals surface area contributed by atoms with Crippen molar-refractivity contribution in [2.24, 2.45) is 0 Å². The van der Waals surface area contributed by atoms with Crippen molar-refractivity contribution in [1.82, 2.24) is 25.2 Å². The summed E-state index contributed by atoms with van der Waals surface area (Å²) in [6, 6.07) is 7.62. The van der Waals surface area contributed by atoms with Gasteiger partial charge in [0.25, 0.3) is 0 Å². The summed E-state index contributed by atoms with van der Waals surface area (Å²) in [5, 5.41) is 16.0. The third-order valence-electron chi connectivity index (χ3n) is 3.72. The van der Waals surface area contributed by atoms with Crippen molar-refractivity contribution in [2.45, 2.75) is 25.5 Å². The second-order valence-corrected chi connectivity index (χ2v) is 5.43. The Morgan fingerprint density at radius 2 is 2.27 bits per heavy atom. The maximum Gasteiger partial charge on any atom is 0.184 e. The van der Waals surface area contributed by atoms with Crippen LogP contribution in [0.25, 0.3) is 10.9 Å². The van der Waals surface area contributed by atoms with Crippen LogP contribution in [0.5, 0.6) is 0 Å². The Balaban J connectivity index is 1.42. The number of carbonyl (C=O) groups is 1. The molecule has 0 unspecified atom stereocenters. The molecule has 0 bridgehead atoms. The molecule has 1 N–H and O–H groups in total. The van der Waals surface area contributed by atoms with Crippen molar-refractivity contribution in [3.8, 4) is 0 Å². The topological polar surface area (TPSA) is 89.0 Å². The molecule has 0 radical (unpaired) electrons. The first-order chi connectivity index (χ1) is 10.8. The van der Waals surface area contributed by atoms with Crippen molar-refractivity contribution >= 4 is 16.7 Å². The minimum absolute atomic E-state index is 0.0116. The number of hydrogen-bond acceptors (Lipinski definition) is 5. The van der Waals surface area contributed by atoms with Gasteiger partial charge in [0.2, 0.25) is 0 Å². The van der Waals surface area contributed by atoms with E-state index in [1.54, 1.807) is 4.68 Å². The van der Waals surface area contributed by atoms with Crippen molar-refractivity contribution in [3.05, 3.63) is 41.9 Å². The van der Waals surface area contributed by atoms with Crippen LogP contribution in [0.15, 0.2) is 30.5 Å². The maximum absolute atomic E-state index is 12.3. The first kappa shape index (κ1) is 13.1. The number of para-hydroxylation sites is 1. The molecule has 1 aliphatic rings. The lowest BCUT2D eigenvalue weighted by molar-refractivity contribution is 0.0979. The van der Waals surface area contributed by atoms with Crippen LogP contribution in [0, 0.1) is 0 Å². The molecule has 7 heteroatoms. The Morgan fingerprint density at radius 1 is 1.41 bits per heavy atom. The van der Waals surface area contributed by atoms with Crippen LogP contribution in [0.4, 0.5) is 0 Å². The summed E-state index contributed by atoms with van der Waals surface area (Å²) < 4.78 is 6.92. The average Bonchev–Trinajstić information content (AvgIpc) is 3.07. The highest BCUT2D eigenvalue weighted by Gasteiger charge is 2.23. The molecule has 0 spiro atoms. The van der Waals surface area contributed by atoms with Gasteiger partial charge >= 0.3 is 0 Å². The Morgan fingerprint density at radius 3 is 3.14 bits per heavy atom. The minimum atomic E-state index is 0.0116. The number of ether oxygens (including phenoxy) is 1. The SMILES string of the molecule is O=C(CCc1cn(C[C@H]2CO2)nn1)c1n[nH]c2ccccc12. The molecule has 1 aliphatic heterocycles. The number of nitrogens with one attached hydrogen (secondary N) is 1. The summed E-state index contributed by atoms with van der Waals surface area (Å²) in [6.45, 7) is 1.52. The normalized spacial score (nSPS) is 17.0. The average molecular weight is 297 g/mol. The lowest BCUT2D eigenvalue weighted by atomic mass is 10.1. The first-order valence-corrected chi connectivity index (χ1v) is 7.26. The third-order valence-corrected chi connectivity index (χ3v) is 3.72. The van der Waals surface area contributed by atoms with Gasteiger partial charge in [0, 0.05) is 24.4 Å². The van der Waals surface area contributed by atoms with E-state index in [1.165, 1.54) is 0 Å². The molecule has 2 aromatic heterocycles. The number of epoxide rings is 1. The number of ketones is 1. The number of benzene rings is 1. The summed E-state index contributed by atoms with van der Waals surface area (Å²) in [7, 11) is 0. The molecule has 1 fully saturated rings. The largest absolute Gasteiger partial charge is 0.371 e. The number of H-pyrrole nitrogens is 1. The molecule has 1 aromatic carbocycles. The van der Waals surface area contributed by atoms with E-state index in [0.717, 1.165) is 29.7 Å². The Kier molecular flexibility index (Phi) is 3.19. The monoisotopic (exact) mass is 297 g/mol. The number of aryl methyl sites for hydroxylation is 1. The number of nitrogens with zero attached hydrogens (tertiary/aromatic N) is 4. The van der Waals surface area contributed by atoms with Gasteiger partial charge in [0.05, 0.1) is 24.4 Å². The van der Waals surface area contributed by atoms with Crippen molar-refractivity contribution in [1.29, 1.82) is 0 Å². The van der Waals surface area contributed by atoms with E-state index in [1.807, 2.05) is 30.5 Å². The van der Waals surface area contributed by atoms with Crippen molar-refractivity contribution < 1.29 is 9.53 Å². The van der Waals surface area contributed by atoms with E-state index in [9.17, 15) is 4.79 Å². The lowest BCUT2D eigenvalue weighted by Gasteiger charge is -1.96. The maximum atomic E-state index is 12.3. The summed E-state index contributed by atoms with van der Waals surface area (Å²) in [4.78, 5) is 12.3. The fourth-order valence-electron chi connectivity index (χ4n) is 2.46. The summed E-state index contributed by atoms with van der Waals surface area (Å²) in [6.07, 6.45) is 3.07. The van der Waals surface area contributed by atoms with Gasteiger partial charge in [-0.2, -0.15) is 5.10 Å². The van der Waals surface area contributed by atoms with E-state index in [2.05, 4.69) is 20.5 Å². The van der Waals surface area contributed by atoms with Crippen molar-refractivity contribution in [2.75, 3.05) is 6.61 Å². The van der Waals surface area contributed by atoms with E-state index < -0.39 is 0 Å². The van der Waals surface area contributed by atoms with Gasteiger partial charge in [-0.15, -0.1) is 5.10 Å². The summed E-state index contributed by atoms with van der Waals surface area (Å²) >= 11 is 0. The molecule has 0 aliphatic carbocycles. The molecule has 3 heterocycles. The number of carbonyl (C=O) groups excluding carboxylic acids is 1. The summed E-state index contributed by atoms with van der Waals surface area (Å²) in [5.74, 6) is 0.0116. The molecular weight excluding hydrogens is 282 g/mol. The van der Waals surface area contributed by atoms with Gasteiger partial charge in [0.1, 0.15) is 11.8 Å². The van der Waals surface area contributed by atoms with Crippen LogP contribution >= 0.6 is 0 Å². The van der Waals surface area contributed by atoms with Crippen LogP contribution < -0.4 is 0 Å². The predicted octanol–water partition coefficient (Wildman–Crippen LogP) is 1.37. The van der Waals surface area contributed by atoms with Gasteiger partial charge in [-0.3, -0.25) is 9.89 Å². The Hall–Kier alpha value is -2.54. The highest BCUT2D eigenvalue weighted by atomic mass is 16.6. The van der Waals surface area contributed by atoms with Crippen LogP contribution in [0.2, 0.25) is 0 Å². The second-order valence-electron chi connectivity index (χ2n) is 5.43. The molecular formula is C15H15N5O2. The number of aromatic nitrogens is 5. The highest BCUT2D eigenvalue weighted by molar-refractivity contribution is 6.05. The van der Waals surface area contributed by atoms with Gasteiger partial charge < -0.3 is 4.74 Å². The number of rotatable bonds is 6. The van der Waals surface area contributed by atoms with E-state index >= 15 is 0 Å². The Labute approximate surface area is 126 Å². The molecule has 4 rings (SSSR count). The predicted molar refractivity (Wildman–Crippen MR) is 78.5 cm³/mol. The molecule has 1 atom stereocenters. The fourth-order valence-corrected chi connectivity index (χ4v) is 2.46. The molecule has 0 saturated carbocycles. The Bertz CT molecular complexity index is 818. The lowest BCUT2D eigenvalue weighted by Crippen LogP contribution is -2.04. The third kappa shape index (κ3) is 2.62. The van der Waals surface area contributed by atoms with E-state index in [-0.39, 0.29) is 11.9 Å². The molecule has 3 aromatic rings. The minimum Gasteiger partial charge on any atom is -0.371 e. The molecule has 112 valence electrons. The quantitative estimate of drug-likeness (QED) is 0.548. The molecule has 0 amide bonds. The standard InChI is InChI=1S/C15H15N5O2/c21-14(15-12-3-1-2-4-13(12)17-18-15)6-5-10-7-20(19-16-10)8-11-9-22-11/h1-4,7,11H,5-6,8-9H2,(H,17,18)/t11-/m0/s1. The summed E-state index contributed by atoms with van der Waals surface area (Å²) in [5.41, 5.74) is 2.18. The number of aromatic amines is 1. The first-order valence-electron chi connectivity index (χ1n) is 7.26. The zero-order valence-electron chi connectivity index (χ0n) is 11.9. The number of fused-ring (bicyclic) bond motifs is 1. The van der Waals surface area contributed by atoms with Gasteiger partial charge in [-0.05, 0) is 6.07 Å². The van der Waals surface area contributed by atoms with Crippen LogP contribution in [-0.4, -0.2) is 43.7 Å². The van der Waals surface area contributed by atoms with Crippen LogP contribution in [-0.2, 0) is 17.7 Å². The van der Waals surface area contributed by atoms with Crippen molar-refractivity contribution in [3.63, 3.8) is 0 Å². The number of hydrogen-bond donors (Lipinski definition) is 1. The molecule has 1 saturated heterocycles. The van der Waals surface area contributed by atoms with Crippen LogP contribution in [0.1, 0.15) is 22.6 Å². The second kappa shape index (κ2) is 5.34. The smallest absolute Gasteiger partial charge is 0.184 e. The highest BCUT2D eigenvalue weighted by Crippen LogP contribution is 2.17. The van der Waals surface area contributed by atoms with E-state index in [0.29, 0.717) is 18.5 Å². The zero-order valence-corrected chi connectivity index (χ0v) is 11.9. The molecule has 22 heavy (non-hydrogen) atoms. The van der Waals surface area contributed by atoms with Gasteiger partial charge in [-0.25, -0.2) is 4.68 Å². The van der Waals surface area contributed by atoms with E-state index in [4.69, 9.17) is 4.74 Å². The molecule has 7 nitrogen and oxygen atoms in total. The van der Waals surface area contributed by atoms with Gasteiger partial charge in [0.15, 0.2) is 5.78 Å².